The molecular weight excluding hydrogens is 340 g/mol. The summed E-state index contributed by atoms with van der Waals surface area (Å²) in [7, 11) is 0. The molecule has 1 heteroatoms. The molecule has 0 N–H and O–H groups in total. The number of para-hydroxylation sites is 1. The van der Waals surface area contributed by atoms with Crippen molar-refractivity contribution < 1.29 is 4.74 Å². The van der Waals surface area contributed by atoms with E-state index in [2.05, 4.69) is 30.3 Å². The van der Waals surface area contributed by atoms with Crippen molar-refractivity contribution in [3.63, 3.8) is 0 Å². The Morgan fingerprint density at radius 3 is 1.86 bits per heavy atom. The third-order valence-electron chi connectivity index (χ3n) is 14.2. The second-order valence-electron chi connectivity index (χ2n) is 13.2. The molecule has 10 saturated carbocycles. The Balaban J connectivity index is 1.18. The Bertz CT molecular complexity index is 926. The summed E-state index contributed by atoms with van der Waals surface area (Å²) < 4.78 is 6.73. The molecular formula is C27H28O. The van der Waals surface area contributed by atoms with Crippen LogP contribution in [-0.2, 0) is 0 Å². The minimum absolute atomic E-state index is 0.612. The van der Waals surface area contributed by atoms with E-state index in [0.717, 1.165) is 53.8 Å². The van der Waals surface area contributed by atoms with E-state index in [1.165, 1.54) is 59.2 Å². The van der Waals surface area contributed by atoms with Gasteiger partial charge in [0.15, 0.2) is 0 Å². The molecule has 142 valence electrons. The fourth-order valence-electron chi connectivity index (χ4n) is 15.5. The van der Waals surface area contributed by atoms with Gasteiger partial charge in [-0.05, 0) is 126 Å². The molecule has 18 atom stereocenters. The minimum Gasteiger partial charge on any atom is -0.493 e. The van der Waals surface area contributed by atoms with Crippen molar-refractivity contribution in [1.82, 2.24) is 0 Å². The first-order chi connectivity index (χ1) is 13.9. The van der Waals surface area contributed by atoms with Crippen LogP contribution >= 0.6 is 0 Å². The van der Waals surface area contributed by atoms with Crippen LogP contribution in [0.25, 0.3) is 0 Å². The van der Waals surface area contributed by atoms with Gasteiger partial charge in [0.1, 0.15) is 5.75 Å². The van der Waals surface area contributed by atoms with E-state index in [1.807, 2.05) is 0 Å². The molecule has 0 aliphatic heterocycles. The molecule has 1 aromatic rings. The highest BCUT2D eigenvalue weighted by molar-refractivity contribution is 5.42. The van der Waals surface area contributed by atoms with Crippen molar-refractivity contribution in [2.45, 2.75) is 12.8 Å². The Morgan fingerprint density at radius 1 is 0.607 bits per heavy atom. The van der Waals surface area contributed by atoms with Crippen LogP contribution < -0.4 is 4.74 Å². The van der Waals surface area contributed by atoms with Gasteiger partial charge >= 0.3 is 0 Å². The zero-order valence-electron chi connectivity index (χ0n) is 16.2. The highest BCUT2D eigenvalue weighted by atomic mass is 16.5. The lowest BCUT2D eigenvalue weighted by Gasteiger charge is -2.42. The van der Waals surface area contributed by atoms with Crippen molar-refractivity contribution in [3.05, 3.63) is 30.3 Å². The van der Waals surface area contributed by atoms with Crippen molar-refractivity contribution in [2.75, 3.05) is 6.61 Å². The van der Waals surface area contributed by atoms with E-state index in [9.17, 15) is 0 Å². The van der Waals surface area contributed by atoms with Gasteiger partial charge in [0.05, 0.1) is 6.61 Å². The molecule has 0 aromatic heterocycles. The predicted molar refractivity (Wildman–Crippen MR) is 103 cm³/mol. The number of ether oxygens (including phenoxy) is 1. The molecule has 0 spiro atoms. The summed E-state index contributed by atoms with van der Waals surface area (Å²) in [5, 5.41) is 0. The van der Waals surface area contributed by atoms with E-state index in [4.69, 9.17) is 4.74 Å². The Kier molecular flexibility index (Phi) is 1.68. The average Bonchev–Trinajstić information content (AvgIpc) is 3.45. The quantitative estimate of drug-likeness (QED) is 0.766. The molecule has 0 heterocycles. The van der Waals surface area contributed by atoms with Crippen LogP contribution in [0.5, 0.6) is 5.75 Å². The Labute approximate surface area is 166 Å². The molecule has 1 nitrogen and oxygen atoms in total. The first-order valence-electron chi connectivity index (χ1n) is 12.6. The number of hydrogen-bond donors (Lipinski definition) is 0. The van der Waals surface area contributed by atoms with Crippen molar-refractivity contribution >= 4 is 0 Å². The second-order valence-corrected chi connectivity index (χ2v) is 13.2. The van der Waals surface area contributed by atoms with Crippen molar-refractivity contribution in [1.29, 1.82) is 0 Å². The fraction of sp³-hybridized carbons (Fsp3) is 0.778. The summed E-state index contributed by atoms with van der Waals surface area (Å²) in [6, 6.07) is 10.9. The van der Waals surface area contributed by atoms with Crippen LogP contribution in [0.4, 0.5) is 0 Å². The van der Waals surface area contributed by atoms with Gasteiger partial charge < -0.3 is 4.74 Å². The smallest absolute Gasteiger partial charge is 0.119 e. The fourth-order valence-corrected chi connectivity index (χ4v) is 15.5. The summed E-state index contributed by atoms with van der Waals surface area (Å²) in [4.78, 5) is 0. The van der Waals surface area contributed by atoms with Crippen LogP contribution in [0.15, 0.2) is 30.3 Å². The molecule has 10 fully saturated rings. The van der Waals surface area contributed by atoms with Gasteiger partial charge in [-0.3, -0.25) is 0 Å². The van der Waals surface area contributed by atoms with Crippen LogP contribution in [0.3, 0.4) is 0 Å². The predicted octanol–water partition coefficient (Wildman–Crippen LogP) is 4.44. The number of benzene rings is 1. The number of rotatable bonds is 3. The number of fused-ring (bicyclic) bond motifs is 4. The normalized spacial score (nSPS) is 76.9. The molecule has 0 amide bonds. The lowest BCUT2D eigenvalue weighted by atomic mass is 9.63. The third kappa shape index (κ3) is 0.895. The Hall–Kier alpha value is -0.980. The van der Waals surface area contributed by atoms with Crippen molar-refractivity contribution in [3.8, 4) is 5.75 Å². The van der Waals surface area contributed by atoms with Crippen LogP contribution in [0.2, 0.25) is 0 Å². The largest absolute Gasteiger partial charge is 0.493 e. The molecule has 10 aliphatic rings. The van der Waals surface area contributed by atoms with Gasteiger partial charge in [0.25, 0.3) is 0 Å². The zero-order valence-corrected chi connectivity index (χ0v) is 16.2. The second kappa shape index (κ2) is 3.52. The topological polar surface area (TPSA) is 9.23 Å². The lowest BCUT2D eigenvalue weighted by molar-refractivity contribution is 0.0116. The standard InChI is InChI=1S/C27H28O/c1-2-4-9(5-3-1)28-8-27-24-12-6-10-14-11-7-13(24)18-16(11)21-19(14)20-15(10)17(12)25(27)22(20)23(21)26(18)27/h1-5,10-26H,6-8H2/t10-,11+,12-,13-,14?,15+,16-,17-,18-,19?,20+,21-,22+,23-,24?,25-,26+,27?/m1/s1. The van der Waals surface area contributed by atoms with Crippen LogP contribution in [0.1, 0.15) is 12.8 Å². The van der Waals surface area contributed by atoms with E-state index >= 15 is 0 Å². The van der Waals surface area contributed by atoms with Gasteiger partial charge in [0, 0.05) is 5.41 Å². The van der Waals surface area contributed by atoms with Gasteiger partial charge in [0.2, 0.25) is 0 Å². The van der Waals surface area contributed by atoms with Gasteiger partial charge in [-0.15, -0.1) is 0 Å². The molecule has 0 saturated heterocycles. The van der Waals surface area contributed by atoms with Gasteiger partial charge in [-0.2, -0.15) is 0 Å². The SMILES string of the molecule is c1ccc(OCC23C4[C@@H]5C[C@H]6C7C8[C@@H]9[C@@H]%10[C@H]([C@@H]2[C@@H]9[C@H]2[C@@H]8[C@H]6[C@@H]5[C@@H]23)[C@H]4C[C@H]7%10)cc1. The van der Waals surface area contributed by atoms with Crippen LogP contribution in [-0.4, -0.2) is 6.61 Å². The maximum atomic E-state index is 6.73. The Morgan fingerprint density at radius 2 is 1.21 bits per heavy atom. The summed E-state index contributed by atoms with van der Waals surface area (Å²) >= 11 is 0. The van der Waals surface area contributed by atoms with Crippen molar-refractivity contribution in [2.24, 2.45) is 106 Å². The summed E-state index contributed by atoms with van der Waals surface area (Å²) in [6.07, 6.45) is 3.34. The van der Waals surface area contributed by atoms with E-state index in [1.54, 1.807) is 12.8 Å². The molecule has 1 aromatic carbocycles. The maximum absolute atomic E-state index is 6.73. The summed E-state index contributed by atoms with van der Waals surface area (Å²) in [5.74, 6) is 21.0. The third-order valence-corrected chi connectivity index (χ3v) is 14.2. The van der Waals surface area contributed by atoms with E-state index in [0.29, 0.717) is 5.41 Å². The molecule has 4 unspecified atom stereocenters. The highest BCUT2D eigenvalue weighted by Crippen LogP contribution is 2.99. The summed E-state index contributed by atoms with van der Waals surface area (Å²) in [5.41, 5.74) is 0.612. The monoisotopic (exact) mass is 368 g/mol. The zero-order chi connectivity index (χ0) is 17.3. The number of hydrogen-bond acceptors (Lipinski definition) is 1. The highest BCUT2D eigenvalue weighted by Gasteiger charge is 2.96. The molecule has 0 radical (unpaired) electrons. The molecule has 11 rings (SSSR count). The average molecular weight is 369 g/mol. The van der Waals surface area contributed by atoms with Gasteiger partial charge in [-0.25, -0.2) is 0 Å². The first kappa shape index (κ1) is 13.3. The molecule has 10 aliphatic carbocycles. The first-order valence-corrected chi connectivity index (χ1v) is 12.6. The molecule has 28 heavy (non-hydrogen) atoms. The lowest BCUT2D eigenvalue weighted by Crippen LogP contribution is -2.42. The molecule has 0 bridgehead atoms. The minimum atomic E-state index is 0.612. The van der Waals surface area contributed by atoms with Gasteiger partial charge in [-0.1, -0.05) is 18.2 Å². The maximum Gasteiger partial charge on any atom is 0.119 e. The summed E-state index contributed by atoms with van der Waals surface area (Å²) in [6.45, 7) is 1.09. The van der Waals surface area contributed by atoms with E-state index in [-0.39, 0.29) is 0 Å². The van der Waals surface area contributed by atoms with E-state index < -0.39 is 0 Å². The van der Waals surface area contributed by atoms with Crippen LogP contribution in [0, 0.1) is 106 Å².